The minimum absolute atomic E-state index is 0.491. The first kappa shape index (κ1) is 24.3. The van der Waals surface area contributed by atoms with E-state index < -0.39 is 0 Å². The molecule has 4 aromatic rings. The number of hydrogen-bond acceptors (Lipinski definition) is 3. The summed E-state index contributed by atoms with van der Waals surface area (Å²) in [5.74, 6) is 0. The van der Waals surface area contributed by atoms with Gasteiger partial charge in [0.1, 0.15) is 0 Å². The lowest BCUT2D eigenvalue weighted by Crippen LogP contribution is -2.21. The molecule has 2 heterocycles. The Labute approximate surface area is 214 Å². The highest BCUT2D eigenvalue weighted by atomic mass is 35.5. The van der Waals surface area contributed by atoms with Crippen LogP contribution in [-0.4, -0.2) is 24.7 Å². The van der Waals surface area contributed by atoms with Crippen molar-refractivity contribution in [3.8, 4) is 0 Å². The van der Waals surface area contributed by atoms with E-state index in [1.54, 1.807) is 6.07 Å². The van der Waals surface area contributed by atoms with E-state index in [-0.39, 0.29) is 0 Å². The number of aromatic nitrogens is 4. The summed E-state index contributed by atoms with van der Waals surface area (Å²) in [5.41, 5.74) is 7.74. The molecule has 0 bridgehead atoms. The van der Waals surface area contributed by atoms with E-state index in [4.69, 9.17) is 40.5 Å². The van der Waals surface area contributed by atoms with Crippen molar-refractivity contribution in [2.45, 2.75) is 40.8 Å². The van der Waals surface area contributed by atoms with E-state index in [2.05, 4.69) is 27.9 Å². The summed E-state index contributed by atoms with van der Waals surface area (Å²) in [6.45, 7) is 9.27. The molecule has 6 nitrogen and oxygen atoms in total. The number of halogens is 2. The molecular weight excluding hydrogens is 487 g/mol. The molecule has 9 heteroatoms. The van der Waals surface area contributed by atoms with Crippen molar-refractivity contribution < 1.29 is 0 Å². The summed E-state index contributed by atoms with van der Waals surface area (Å²) in [6, 6.07) is 15.9. The monoisotopic (exact) mass is 512 g/mol. The zero-order chi connectivity index (χ0) is 24.4. The molecule has 0 aliphatic carbocycles. The molecule has 0 radical (unpaired) electrons. The lowest BCUT2D eigenvalue weighted by molar-refractivity contribution is 0.659. The van der Waals surface area contributed by atoms with Gasteiger partial charge in [-0.1, -0.05) is 59.6 Å². The van der Waals surface area contributed by atoms with Crippen LogP contribution in [0.4, 0.5) is 11.4 Å². The summed E-state index contributed by atoms with van der Waals surface area (Å²) in [4.78, 5) is 0. The van der Waals surface area contributed by atoms with Gasteiger partial charge in [0, 0.05) is 0 Å². The summed E-state index contributed by atoms with van der Waals surface area (Å²) >= 11 is 17.8. The van der Waals surface area contributed by atoms with E-state index in [0.717, 1.165) is 39.7 Å². The number of nitrogens with zero attached hydrogens (tertiary/aromatic N) is 4. The van der Waals surface area contributed by atoms with E-state index in [1.807, 2.05) is 67.4 Å². The molecule has 0 fully saturated rings. The first-order valence-corrected chi connectivity index (χ1v) is 12.0. The van der Waals surface area contributed by atoms with Gasteiger partial charge in [-0.2, -0.15) is 10.2 Å². The highest BCUT2D eigenvalue weighted by Crippen LogP contribution is 2.26. The molecule has 176 valence electrons. The summed E-state index contributed by atoms with van der Waals surface area (Å²) in [5, 5.41) is 17.6. The number of rotatable bonds is 6. The molecule has 0 aliphatic rings. The average molecular weight is 513 g/mol. The quantitative estimate of drug-likeness (QED) is 0.287. The summed E-state index contributed by atoms with van der Waals surface area (Å²) in [6.07, 6.45) is 0. The maximum Gasteiger partial charge on any atom is 0.175 e. The Hall–Kier alpha value is -2.87. The van der Waals surface area contributed by atoms with E-state index in [0.29, 0.717) is 28.2 Å². The van der Waals surface area contributed by atoms with Crippen molar-refractivity contribution in [2.24, 2.45) is 0 Å². The predicted molar refractivity (Wildman–Crippen MR) is 144 cm³/mol. The first-order valence-electron chi connectivity index (χ1n) is 10.9. The number of aryl methyl sites for hydroxylation is 2. The van der Waals surface area contributed by atoms with Crippen LogP contribution >= 0.6 is 35.4 Å². The largest absolute Gasteiger partial charge is 0.329 e. The van der Waals surface area contributed by atoms with Crippen LogP contribution in [0.15, 0.2) is 48.5 Å². The molecule has 0 spiro atoms. The molecule has 4 rings (SSSR count). The first-order chi connectivity index (χ1) is 16.2. The fourth-order valence-electron chi connectivity index (χ4n) is 3.89. The SMILES string of the molecule is Cc1nn(Cc2ccccc2)c(C)c1NC(=S)Nc1c(C)nn(Cc2ccc(Cl)c(Cl)c2)c1C. The summed E-state index contributed by atoms with van der Waals surface area (Å²) in [7, 11) is 0. The van der Waals surface area contributed by atoms with Crippen LogP contribution in [0, 0.1) is 27.7 Å². The fourth-order valence-corrected chi connectivity index (χ4v) is 4.41. The van der Waals surface area contributed by atoms with Gasteiger partial charge >= 0.3 is 0 Å². The lowest BCUT2D eigenvalue weighted by atomic mass is 10.2. The van der Waals surface area contributed by atoms with Crippen LogP contribution in [-0.2, 0) is 13.1 Å². The summed E-state index contributed by atoms with van der Waals surface area (Å²) < 4.78 is 3.91. The van der Waals surface area contributed by atoms with Gasteiger partial charge in [0.2, 0.25) is 0 Å². The van der Waals surface area contributed by atoms with Crippen molar-refractivity contribution >= 4 is 51.9 Å². The van der Waals surface area contributed by atoms with Gasteiger partial charge in [-0.25, -0.2) is 0 Å². The normalized spacial score (nSPS) is 11.0. The Morgan fingerprint density at radius 2 is 1.29 bits per heavy atom. The second-order valence-electron chi connectivity index (χ2n) is 8.22. The van der Waals surface area contributed by atoms with Gasteiger partial charge < -0.3 is 10.6 Å². The number of benzene rings is 2. The van der Waals surface area contributed by atoms with Crippen molar-refractivity contribution in [3.63, 3.8) is 0 Å². The third kappa shape index (κ3) is 5.27. The van der Waals surface area contributed by atoms with Gasteiger partial charge in [0.25, 0.3) is 0 Å². The van der Waals surface area contributed by atoms with Crippen LogP contribution in [0.1, 0.15) is 33.9 Å². The van der Waals surface area contributed by atoms with Crippen LogP contribution in [0.25, 0.3) is 0 Å². The minimum atomic E-state index is 0.491. The number of hydrogen-bond donors (Lipinski definition) is 2. The zero-order valence-electron chi connectivity index (χ0n) is 19.5. The number of nitrogens with one attached hydrogen (secondary N) is 2. The molecule has 2 aromatic heterocycles. The van der Waals surface area contributed by atoms with Gasteiger partial charge in [-0.3, -0.25) is 9.36 Å². The second-order valence-corrected chi connectivity index (χ2v) is 9.44. The molecule has 34 heavy (non-hydrogen) atoms. The van der Waals surface area contributed by atoms with Crippen molar-refractivity contribution in [1.29, 1.82) is 0 Å². The third-order valence-electron chi connectivity index (χ3n) is 5.73. The van der Waals surface area contributed by atoms with Crippen molar-refractivity contribution in [1.82, 2.24) is 19.6 Å². The van der Waals surface area contributed by atoms with Crippen LogP contribution in [0.5, 0.6) is 0 Å². The van der Waals surface area contributed by atoms with E-state index >= 15 is 0 Å². The zero-order valence-corrected chi connectivity index (χ0v) is 21.8. The fraction of sp³-hybridized carbons (Fsp3) is 0.240. The molecule has 0 atom stereocenters. The molecular formula is C25H26Cl2N6S. The maximum absolute atomic E-state index is 6.17. The standard InChI is InChI=1S/C25H26Cl2N6S/c1-15-23(17(3)32(30-15)13-19-8-6-5-7-9-19)28-25(34)29-24-16(2)31-33(18(24)4)14-20-10-11-21(26)22(27)12-20/h5-12H,13-14H2,1-4H3,(H2,28,29,34). The van der Waals surface area contributed by atoms with Gasteiger partial charge in [0.05, 0.1) is 57.3 Å². The lowest BCUT2D eigenvalue weighted by Gasteiger charge is -2.12. The molecule has 2 aromatic carbocycles. The van der Waals surface area contributed by atoms with E-state index in [1.165, 1.54) is 5.56 Å². The van der Waals surface area contributed by atoms with Crippen LogP contribution in [0.2, 0.25) is 10.0 Å². The highest BCUT2D eigenvalue weighted by molar-refractivity contribution is 7.80. The minimum Gasteiger partial charge on any atom is -0.329 e. The molecule has 0 unspecified atom stereocenters. The topological polar surface area (TPSA) is 59.7 Å². The van der Waals surface area contributed by atoms with Crippen molar-refractivity contribution in [2.75, 3.05) is 10.6 Å². The molecule has 2 N–H and O–H groups in total. The highest BCUT2D eigenvalue weighted by Gasteiger charge is 2.17. The molecule has 0 saturated heterocycles. The Balaban J connectivity index is 1.48. The molecule has 0 saturated carbocycles. The van der Waals surface area contributed by atoms with Crippen molar-refractivity contribution in [3.05, 3.63) is 92.5 Å². The average Bonchev–Trinajstić information content (AvgIpc) is 3.21. The molecule has 0 amide bonds. The molecule has 0 aliphatic heterocycles. The number of anilines is 2. The Kier molecular flexibility index (Phi) is 7.26. The van der Waals surface area contributed by atoms with Crippen LogP contribution in [0.3, 0.4) is 0 Å². The Bertz CT molecular complexity index is 1340. The van der Waals surface area contributed by atoms with Gasteiger partial charge in [0.15, 0.2) is 5.11 Å². The van der Waals surface area contributed by atoms with Crippen LogP contribution < -0.4 is 10.6 Å². The number of thiocarbonyl (C=S) groups is 1. The second kappa shape index (κ2) is 10.2. The maximum atomic E-state index is 6.17. The Morgan fingerprint density at radius 3 is 1.82 bits per heavy atom. The predicted octanol–water partition coefficient (Wildman–Crippen LogP) is 6.53. The van der Waals surface area contributed by atoms with Gasteiger partial charge in [-0.15, -0.1) is 0 Å². The Morgan fingerprint density at radius 1 is 0.765 bits per heavy atom. The van der Waals surface area contributed by atoms with E-state index in [9.17, 15) is 0 Å². The smallest absolute Gasteiger partial charge is 0.175 e. The third-order valence-corrected chi connectivity index (χ3v) is 6.67. The van der Waals surface area contributed by atoms with Gasteiger partial charge in [-0.05, 0) is 63.2 Å².